The molecule has 3 aromatic rings. The van der Waals surface area contributed by atoms with Gasteiger partial charge in [0.2, 0.25) is 5.89 Å². The number of carboxylic acid groups (broad SMARTS) is 1. The molecule has 0 aliphatic rings. The summed E-state index contributed by atoms with van der Waals surface area (Å²) in [4.78, 5) is 21.3. The topological polar surface area (TPSA) is 94.2 Å². The monoisotopic (exact) mass is 468 g/mol. The number of oxime groups is 1. The standard InChI is InChI=1S/C26H29FN2O5/c1-4-14-33-29-17(2)23(26(30)31)16-19-5-11-22(12-6-19)32-15-13-24-18(3)34-25(28-24)20-7-9-21(27)10-8-20/h5-12,23H,4,13-16H2,1-3H3,(H,30,31)/b29-17+. The molecule has 1 unspecified atom stereocenters. The van der Waals surface area contributed by atoms with Gasteiger partial charge in [0.15, 0.2) is 0 Å². The quantitative estimate of drug-likeness (QED) is 0.216. The zero-order valence-electron chi connectivity index (χ0n) is 19.6. The number of ether oxygens (including phenoxy) is 1. The average Bonchev–Trinajstić information content (AvgIpc) is 3.19. The first-order valence-corrected chi connectivity index (χ1v) is 11.2. The molecule has 2 aromatic carbocycles. The van der Waals surface area contributed by atoms with Crippen molar-refractivity contribution < 1.29 is 28.3 Å². The molecule has 1 atom stereocenters. The van der Waals surface area contributed by atoms with Gasteiger partial charge in [-0.15, -0.1) is 0 Å². The maximum Gasteiger partial charge on any atom is 0.312 e. The molecule has 0 saturated carbocycles. The van der Waals surface area contributed by atoms with Gasteiger partial charge in [-0.05, 0) is 68.7 Å². The largest absolute Gasteiger partial charge is 0.493 e. The minimum absolute atomic E-state index is 0.310. The van der Waals surface area contributed by atoms with Gasteiger partial charge >= 0.3 is 5.97 Å². The molecule has 0 amide bonds. The summed E-state index contributed by atoms with van der Waals surface area (Å²) in [5.41, 5.74) is 2.79. The Morgan fingerprint density at radius 1 is 1.15 bits per heavy atom. The Bertz CT molecular complexity index is 1110. The van der Waals surface area contributed by atoms with Crippen LogP contribution >= 0.6 is 0 Å². The second-order valence-electron chi connectivity index (χ2n) is 7.93. The Balaban J connectivity index is 1.54. The second kappa shape index (κ2) is 12.0. The minimum Gasteiger partial charge on any atom is -0.493 e. The van der Waals surface area contributed by atoms with Crippen molar-refractivity contribution in [2.75, 3.05) is 13.2 Å². The lowest BCUT2D eigenvalue weighted by atomic mass is 9.95. The summed E-state index contributed by atoms with van der Waals surface area (Å²) in [6, 6.07) is 13.3. The van der Waals surface area contributed by atoms with Crippen molar-refractivity contribution in [1.82, 2.24) is 4.98 Å². The highest BCUT2D eigenvalue weighted by Gasteiger charge is 2.22. The van der Waals surface area contributed by atoms with E-state index < -0.39 is 11.9 Å². The third kappa shape index (κ3) is 6.91. The zero-order valence-corrected chi connectivity index (χ0v) is 19.6. The van der Waals surface area contributed by atoms with Gasteiger partial charge in [0.05, 0.1) is 18.0 Å². The molecule has 7 nitrogen and oxygen atoms in total. The summed E-state index contributed by atoms with van der Waals surface area (Å²) in [5.74, 6) is -0.193. The molecule has 1 aromatic heterocycles. The molecule has 1 N–H and O–H groups in total. The van der Waals surface area contributed by atoms with Gasteiger partial charge in [0, 0.05) is 12.0 Å². The summed E-state index contributed by atoms with van der Waals surface area (Å²) in [7, 11) is 0. The van der Waals surface area contributed by atoms with Crippen LogP contribution in [0.1, 0.15) is 37.3 Å². The van der Waals surface area contributed by atoms with Crippen molar-refractivity contribution in [1.29, 1.82) is 0 Å². The third-order valence-corrected chi connectivity index (χ3v) is 5.26. The highest BCUT2D eigenvalue weighted by molar-refractivity contribution is 6.00. The summed E-state index contributed by atoms with van der Waals surface area (Å²) in [5, 5.41) is 13.5. The summed E-state index contributed by atoms with van der Waals surface area (Å²) in [6.45, 7) is 6.31. The van der Waals surface area contributed by atoms with Crippen molar-refractivity contribution in [2.24, 2.45) is 11.1 Å². The number of aryl methyl sites for hydroxylation is 1. The van der Waals surface area contributed by atoms with Gasteiger partial charge in [0.1, 0.15) is 29.9 Å². The van der Waals surface area contributed by atoms with E-state index >= 15 is 0 Å². The summed E-state index contributed by atoms with van der Waals surface area (Å²) >= 11 is 0. The van der Waals surface area contributed by atoms with E-state index in [9.17, 15) is 14.3 Å². The van der Waals surface area contributed by atoms with Crippen LogP contribution in [0.3, 0.4) is 0 Å². The van der Waals surface area contributed by atoms with Crippen molar-refractivity contribution in [3.8, 4) is 17.2 Å². The molecular formula is C26H29FN2O5. The van der Waals surface area contributed by atoms with Crippen molar-refractivity contribution >= 4 is 11.7 Å². The van der Waals surface area contributed by atoms with E-state index in [2.05, 4.69) is 10.1 Å². The van der Waals surface area contributed by atoms with E-state index in [1.165, 1.54) is 12.1 Å². The molecule has 0 aliphatic carbocycles. The van der Waals surface area contributed by atoms with E-state index in [0.29, 0.717) is 54.7 Å². The molecule has 3 rings (SSSR count). The summed E-state index contributed by atoms with van der Waals surface area (Å²) in [6.07, 6.45) is 1.67. The minimum atomic E-state index is -0.940. The normalized spacial score (nSPS) is 12.4. The number of aliphatic carboxylic acids is 1. The Labute approximate surface area is 198 Å². The number of rotatable bonds is 12. The Morgan fingerprint density at radius 3 is 2.50 bits per heavy atom. The second-order valence-corrected chi connectivity index (χ2v) is 7.93. The zero-order chi connectivity index (χ0) is 24.5. The van der Waals surface area contributed by atoms with Gasteiger partial charge in [-0.1, -0.05) is 24.2 Å². The molecule has 34 heavy (non-hydrogen) atoms. The first kappa shape index (κ1) is 25.0. The number of hydrogen-bond acceptors (Lipinski definition) is 6. The lowest BCUT2D eigenvalue weighted by Gasteiger charge is -2.13. The molecular weight excluding hydrogens is 439 g/mol. The van der Waals surface area contributed by atoms with Crippen molar-refractivity contribution in [2.45, 2.75) is 40.0 Å². The molecule has 1 heterocycles. The fourth-order valence-electron chi connectivity index (χ4n) is 3.32. The maximum absolute atomic E-state index is 13.1. The number of nitrogens with zero attached hydrogens (tertiary/aromatic N) is 2. The van der Waals surface area contributed by atoms with Crippen LogP contribution in [-0.4, -0.2) is 35.0 Å². The number of carboxylic acids is 1. The van der Waals surface area contributed by atoms with Crippen molar-refractivity contribution in [3.05, 3.63) is 71.4 Å². The summed E-state index contributed by atoms with van der Waals surface area (Å²) < 4.78 is 24.7. The highest BCUT2D eigenvalue weighted by atomic mass is 19.1. The maximum atomic E-state index is 13.1. The van der Waals surface area contributed by atoms with Crippen LogP contribution in [0.5, 0.6) is 5.75 Å². The number of aromatic nitrogens is 1. The Hall–Kier alpha value is -3.68. The van der Waals surface area contributed by atoms with Crippen LogP contribution in [0.25, 0.3) is 11.5 Å². The predicted octanol–water partition coefficient (Wildman–Crippen LogP) is 5.46. The predicted molar refractivity (Wildman–Crippen MR) is 126 cm³/mol. The molecule has 0 saturated heterocycles. The highest BCUT2D eigenvalue weighted by Crippen LogP contribution is 2.23. The molecule has 180 valence electrons. The molecule has 0 fully saturated rings. The molecule has 0 bridgehead atoms. The SMILES string of the molecule is CCCO/N=C(\C)C(Cc1ccc(OCCc2nc(-c3ccc(F)cc3)oc2C)cc1)C(=O)O. The number of oxazole rings is 1. The fraction of sp³-hybridized carbons (Fsp3) is 0.346. The Morgan fingerprint density at radius 2 is 1.85 bits per heavy atom. The number of halogens is 1. The Kier molecular flexibility index (Phi) is 8.79. The first-order chi connectivity index (χ1) is 16.4. The molecule has 8 heteroatoms. The van der Waals surface area contributed by atoms with Gasteiger partial charge < -0.3 is 19.1 Å². The van der Waals surface area contributed by atoms with E-state index in [1.807, 2.05) is 38.1 Å². The van der Waals surface area contributed by atoms with Crippen LogP contribution < -0.4 is 4.74 Å². The molecule has 0 radical (unpaired) electrons. The third-order valence-electron chi connectivity index (χ3n) is 5.26. The van der Waals surface area contributed by atoms with Crippen LogP contribution in [0.2, 0.25) is 0 Å². The number of carbonyl (C=O) groups is 1. The first-order valence-electron chi connectivity index (χ1n) is 11.2. The van der Waals surface area contributed by atoms with Gasteiger partial charge in [-0.3, -0.25) is 4.79 Å². The van der Waals surface area contributed by atoms with E-state index in [4.69, 9.17) is 14.0 Å². The lowest BCUT2D eigenvalue weighted by Crippen LogP contribution is -2.24. The van der Waals surface area contributed by atoms with Gasteiger partial charge in [-0.2, -0.15) is 0 Å². The molecule has 0 aliphatic heterocycles. The van der Waals surface area contributed by atoms with Crippen LogP contribution in [0.4, 0.5) is 4.39 Å². The fourth-order valence-corrected chi connectivity index (χ4v) is 3.32. The van der Waals surface area contributed by atoms with E-state index in [0.717, 1.165) is 17.7 Å². The van der Waals surface area contributed by atoms with E-state index in [1.54, 1.807) is 19.1 Å². The number of benzene rings is 2. The number of hydrogen-bond donors (Lipinski definition) is 1. The van der Waals surface area contributed by atoms with Crippen LogP contribution in [-0.2, 0) is 22.5 Å². The van der Waals surface area contributed by atoms with Crippen LogP contribution in [0, 0.1) is 18.7 Å². The van der Waals surface area contributed by atoms with Gasteiger partial charge in [-0.25, -0.2) is 9.37 Å². The van der Waals surface area contributed by atoms with Crippen molar-refractivity contribution in [3.63, 3.8) is 0 Å². The smallest absolute Gasteiger partial charge is 0.312 e. The van der Waals surface area contributed by atoms with Gasteiger partial charge in [0.25, 0.3) is 0 Å². The average molecular weight is 469 g/mol. The van der Waals surface area contributed by atoms with E-state index in [-0.39, 0.29) is 5.82 Å². The van der Waals surface area contributed by atoms with Crippen LogP contribution in [0.15, 0.2) is 58.1 Å². The molecule has 0 spiro atoms. The lowest BCUT2D eigenvalue weighted by molar-refractivity contribution is -0.139.